The van der Waals surface area contributed by atoms with Gasteiger partial charge in [-0.05, 0) is 41.1 Å². The third-order valence-corrected chi connectivity index (χ3v) is 3.39. The van der Waals surface area contributed by atoms with Crippen molar-refractivity contribution < 1.29 is 4.79 Å². The highest BCUT2D eigenvalue weighted by atomic mass is 79.9. The lowest BCUT2D eigenvalue weighted by molar-refractivity contribution is 0.102. The molecule has 0 spiro atoms. The van der Waals surface area contributed by atoms with Crippen molar-refractivity contribution >= 4 is 27.5 Å². The highest BCUT2D eigenvalue weighted by Gasteiger charge is 2.09. The van der Waals surface area contributed by atoms with Crippen molar-refractivity contribution in [3.8, 4) is 0 Å². The van der Waals surface area contributed by atoms with E-state index in [4.69, 9.17) is 0 Å². The van der Waals surface area contributed by atoms with Gasteiger partial charge in [0.1, 0.15) is 0 Å². The third-order valence-electron chi connectivity index (χ3n) is 2.70. The summed E-state index contributed by atoms with van der Waals surface area (Å²) in [4.78, 5) is 23.5. The molecule has 4 nitrogen and oxygen atoms in total. The second-order valence-electron chi connectivity index (χ2n) is 3.98. The largest absolute Gasteiger partial charge is 0.321 e. The molecule has 0 aliphatic heterocycles. The van der Waals surface area contributed by atoms with Gasteiger partial charge < -0.3 is 9.88 Å². The Morgan fingerprint density at radius 1 is 1.26 bits per heavy atom. The molecule has 1 heterocycles. The molecular formula is C14H13BrN2O2. The van der Waals surface area contributed by atoms with Crippen molar-refractivity contribution in [2.45, 2.75) is 13.5 Å². The van der Waals surface area contributed by atoms with Gasteiger partial charge in [0.25, 0.3) is 11.5 Å². The van der Waals surface area contributed by atoms with E-state index in [1.165, 1.54) is 10.6 Å². The number of hydrogen-bond acceptors (Lipinski definition) is 2. The highest BCUT2D eigenvalue weighted by molar-refractivity contribution is 9.10. The van der Waals surface area contributed by atoms with Gasteiger partial charge in [-0.1, -0.05) is 12.1 Å². The van der Waals surface area contributed by atoms with Crippen molar-refractivity contribution in [2.24, 2.45) is 0 Å². The predicted octanol–water partition coefficient (Wildman–Crippen LogP) is 2.88. The minimum atomic E-state index is -0.214. The van der Waals surface area contributed by atoms with E-state index in [1.54, 1.807) is 24.4 Å². The fourth-order valence-corrected chi connectivity index (χ4v) is 2.16. The number of nitrogens with one attached hydrogen (secondary N) is 1. The van der Waals surface area contributed by atoms with E-state index in [2.05, 4.69) is 21.2 Å². The average Bonchev–Trinajstić information content (AvgIpc) is 2.41. The molecule has 98 valence electrons. The van der Waals surface area contributed by atoms with E-state index >= 15 is 0 Å². The minimum absolute atomic E-state index is 0.0820. The third kappa shape index (κ3) is 3.12. The normalized spacial score (nSPS) is 10.2. The number of halogens is 1. The van der Waals surface area contributed by atoms with Crippen LogP contribution in [0.4, 0.5) is 5.69 Å². The summed E-state index contributed by atoms with van der Waals surface area (Å²) >= 11 is 3.33. The zero-order valence-corrected chi connectivity index (χ0v) is 12.0. The number of aryl methyl sites for hydroxylation is 1. The lowest BCUT2D eigenvalue weighted by Crippen LogP contribution is -2.19. The molecule has 1 N–H and O–H groups in total. The summed E-state index contributed by atoms with van der Waals surface area (Å²) in [5.74, 6) is -0.214. The Kier molecular flexibility index (Phi) is 4.16. The molecule has 1 aromatic carbocycles. The Bertz CT molecular complexity index is 664. The summed E-state index contributed by atoms with van der Waals surface area (Å²) in [5, 5.41) is 2.77. The van der Waals surface area contributed by atoms with Crippen LogP contribution < -0.4 is 10.9 Å². The van der Waals surface area contributed by atoms with Crippen LogP contribution in [-0.4, -0.2) is 10.5 Å². The molecular weight excluding hydrogens is 308 g/mol. The van der Waals surface area contributed by atoms with Gasteiger partial charge in [-0.3, -0.25) is 9.59 Å². The van der Waals surface area contributed by atoms with E-state index in [1.807, 2.05) is 19.1 Å². The molecule has 0 unspecified atom stereocenters. The summed E-state index contributed by atoms with van der Waals surface area (Å²) < 4.78 is 2.27. The lowest BCUT2D eigenvalue weighted by Gasteiger charge is -2.08. The number of anilines is 1. The van der Waals surface area contributed by atoms with Gasteiger partial charge in [0.05, 0.1) is 11.3 Å². The Labute approximate surface area is 119 Å². The van der Waals surface area contributed by atoms with E-state index < -0.39 is 0 Å². The van der Waals surface area contributed by atoms with Crippen molar-refractivity contribution in [1.29, 1.82) is 0 Å². The Hall–Kier alpha value is -1.88. The van der Waals surface area contributed by atoms with Gasteiger partial charge in [0, 0.05) is 23.3 Å². The molecule has 0 saturated carbocycles. The summed E-state index contributed by atoms with van der Waals surface area (Å²) in [7, 11) is 0. The molecule has 5 heteroatoms. The maximum Gasteiger partial charge on any atom is 0.256 e. The first-order valence-electron chi connectivity index (χ1n) is 5.88. The molecule has 1 amide bonds. The van der Waals surface area contributed by atoms with Crippen LogP contribution in [0.3, 0.4) is 0 Å². The number of amides is 1. The van der Waals surface area contributed by atoms with Crippen molar-refractivity contribution in [3.05, 3.63) is 63.0 Å². The van der Waals surface area contributed by atoms with Crippen LogP contribution in [0, 0.1) is 0 Å². The van der Waals surface area contributed by atoms with E-state index in [0.29, 0.717) is 17.8 Å². The zero-order valence-electron chi connectivity index (χ0n) is 10.4. The van der Waals surface area contributed by atoms with Crippen LogP contribution in [0.15, 0.2) is 51.9 Å². The van der Waals surface area contributed by atoms with Gasteiger partial charge in [-0.2, -0.15) is 0 Å². The zero-order chi connectivity index (χ0) is 13.8. The second kappa shape index (κ2) is 5.84. The van der Waals surface area contributed by atoms with Gasteiger partial charge in [0.15, 0.2) is 0 Å². The van der Waals surface area contributed by atoms with E-state index in [9.17, 15) is 9.59 Å². The molecule has 0 saturated heterocycles. The SMILES string of the molecule is CCn1cc(NC(=O)c2ccccc2Br)ccc1=O. The summed E-state index contributed by atoms with van der Waals surface area (Å²) in [6.07, 6.45) is 1.64. The molecule has 0 aliphatic carbocycles. The Morgan fingerprint density at radius 2 is 2.00 bits per heavy atom. The topological polar surface area (TPSA) is 51.1 Å². The van der Waals surface area contributed by atoms with Gasteiger partial charge in [-0.25, -0.2) is 0 Å². The Balaban J connectivity index is 2.24. The molecule has 1 aromatic heterocycles. The number of carbonyl (C=O) groups is 1. The highest BCUT2D eigenvalue weighted by Crippen LogP contribution is 2.17. The van der Waals surface area contributed by atoms with Crippen LogP contribution in [-0.2, 0) is 6.54 Å². The number of nitrogens with zero attached hydrogens (tertiary/aromatic N) is 1. The molecule has 2 aromatic rings. The number of carbonyl (C=O) groups excluding carboxylic acids is 1. The second-order valence-corrected chi connectivity index (χ2v) is 4.83. The lowest BCUT2D eigenvalue weighted by atomic mass is 10.2. The number of aromatic nitrogens is 1. The standard InChI is InChI=1S/C14H13BrN2O2/c1-2-17-9-10(7-8-13(17)18)16-14(19)11-5-3-4-6-12(11)15/h3-9H,2H2,1H3,(H,16,19). The van der Waals surface area contributed by atoms with E-state index in [-0.39, 0.29) is 11.5 Å². The van der Waals surface area contributed by atoms with Gasteiger partial charge in [0.2, 0.25) is 0 Å². The van der Waals surface area contributed by atoms with Crippen LogP contribution in [0.5, 0.6) is 0 Å². The smallest absolute Gasteiger partial charge is 0.256 e. The minimum Gasteiger partial charge on any atom is -0.321 e. The first-order chi connectivity index (χ1) is 9.11. The van der Waals surface area contributed by atoms with Crippen LogP contribution in [0.25, 0.3) is 0 Å². The number of pyridine rings is 1. The Morgan fingerprint density at radius 3 is 2.68 bits per heavy atom. The van der Waals surface area contributed by atoms with Crippen LogP contribution >= 0.6 is 15.9 Å². The molecule has 19 heavy (non-hydrogen) atoms. The van der Waals surface area contributed by atoms with Gasteiger partial charge >= 0.3 is 0 Å². The van der Waals surface area contributed by atoms with Gasteiger partial charge in [-0.15, -0.1) is 0 Å². The van der Waals surface area contributed by atoms with E-state index in [0.717, 1.165) is 4.47 Å². The van der Waals surface area contributed by atoms with Crippen LogP contribution in [0.2, 0.25) is 0 Å². The first kappa shape index (κ1) is 13.5. The van der Waals surface area contributed by atoms with Crippen LogP contribution in [0.1, 0.15) is 17.3 Å². The predicted molar refractivity (Wildman–Crippen MR) is 78.5 cm³/mol. The average molecular weight is 321 g/mol. The first-order valence-corrected chi connectivity index (χ1v) is 6.67. The summed E-state index contributed by atoms with van der Waals surface area (Å²) in [6.45, 7) is 2.44. The number of rotatable bonds is 3. The fourth-order valence-electron chi connectivity index (χ4n) is 1.70. The molecule has 0 radical (unpaired) electrons. The fraction of sp³-hybridized carbons (Fsp3) is 0.143. The quantitative estimate of drug-likeness (QED) is 0.945. The number of benzene rings is 1. The molecule has 0 bridgehead atoms. The molecule has 0 fully saturated rings. The number of hydrogen-bond donors (Lipinski definition) is 1. The molecule has 2 rings (SSSR count). The summed E-state index contributed by atoms with van der Waals surface area (Å²) in [6, 6.07) is 10.2. The maximum absolute atomic E-state index is 12.1. The summed E-state index contributed by atoms with van der Waals surface area (Å²) in [5.41, 5.74) is 1.07. The monoisotopic (exact) mass is 320 g/mol. The van der Waals surface area contributed by atoms with Crippen molar-refractivity contribution in [1.82, 2.24) is 4.57 Å². The van der Waals surface area contributed by atoms with Crippen molar-refractivity contribution in [2.75, 3.05) is 5.32 Å². The van der Waals surface area contributed by atoms with Crippen molar-refractivity contribution in [3.63, 3.8) is 0 Å². The molecule has 0 atom stereocenters. The molecule has 0 aliphatic rings. The maximum atomic E-state index is 12.1.